The van der Waals surface area contributed by atoms with E-state index in [1.807, 2.05) is 6.07 Å². The normalized spacial score (nSPS) is 24.6. The van der Waals surface area contributed by atoms with E-state index in [0.29, 0.717) is 30.7 Å². The number of ether oxygens (including phenoxy) is 1. The Hall–Kier alpha value is -0.370. The molecule has 0 spiro atoms. The Kier molecular flexibility index (Phi) is 4.47. The van der Waals surface area contributed by atoms with Gasteiger partial charge in [0, 0.05) is 19.6 Å². The largest absolute Gasteiger partial charge is 0.454 e. The number of rotatable bonds is 5. The van der Waals surface area contributed by atoms with E-state index in [0.717, 1.165) is 5.76 Å². The second-order valence-corrected chi connectivity index (χ2v) is 7.06. The fourth-order valence-corrected chi connectivity index (χ4v) is 3.96. The van der Waals surface area contributed by atoms with Crippen molar-refractivity contribution >= 4 is 26.0 Å². The molecule has 1 fully saturated rings. The third-order valence-electron chi connectivity index (χ3n) is 3.01. The van der Waals surface area contributed by atoms with Crippen LogP contribution in [0.2, 0.25) is 0 Å². The molecule has 1 aromatic rings. The average Bonchev–Trinajstić information content (AvgIpc) is 2.87. The first kappa shape index (κ1) is 14.0. The number of nitrogens with one attached hydrogen (secondary N) is 1. The molecule has 0 aromatic carbocycles. The minimum Gasteiger partial charge on any atom is -0.454 e. The predicted molar refractivity (Wildman–Crippen MR) is 70.9 cm³/mol. The zero-order valence-corrected chi connectivity index (χ0v) is 12.5. The minimum atomic E-state index is -3.30. The molecule has 0 radical (unpaired) electrons. The molecule has 0 amide bonds. The van der Waals surface area contributed by atoms with Gasteiger partial charge in [0.15, 0.2) is 4.67 Å². The van der Waals surface area contributed by atoms with Gasteiger partial charge in [0.2, 0.25) is 10.0 Å². The fourth-order valence-electron chi connectivity index (χ4n) is 2.03. The summed E-state index contributed by atoms with van der Waals surface area (Å²) in [5.74, 6) is 0.750. The van der Waals surface area contributed by atoms with Crippen molar-refractivity contribution < 1.29 is 17.6 Å². The molecule has 1 saturated heterocycles. The van der Waals surface area contributed by atoms with E-state index in [2.05, 4.69) is 20.7 Å². The zero-order chi connectivity index (χ0) is 13.2. The second kappa shape index (κ2) is 5.73. The summed E-state index contributed by atoms with van der Waals surface area (Å²) in [6, 6.07) is 3.61. The first-order chi connectivity index (χ1) is 8.49. The average molecular weight is 338 g/mol. The lowest BCUT2D eigenvalue weighted by Gasteiger charge is -2.15. The lowest BCUT2D eigenvalue weighted by molar-refractivity contribution is 0.126. The van der Waals surface area contributed by atoms with Crippen LogP contribution >= 0.6 is 15.9 Å². The Labute approximate surface area is 115 Å². The van der Waals surface area contributed by atoms with Gasteiger partial charge in [-0.05, 0) is 41.4 Å². The number of sulfonamides is 1. The van der Waals surface area contributed by atoms with Gasteiger partial charge in [-0.3, -0.25) is 0 Å². The number of hydrogen-bond donors (Lipinski definition) is 1. The van der Waals surface area contributed by atoms with Crippen molar-refractivity contribution in [3.05, 3.63) is 22.6 Å². The molecule has 2 heterocycles. The highest BCUT2D eigenvalue weighted by atomic mass is 79.9. The summed E-state index contributed by atoms with van der Waals surface area (Å²) < 4.78 is 37.9. The van der Waals surface area contributed by atoms with Crippen molar-refractivity contribution in [1.82, 2.24) is 4.72 Å². The van der Waals surface area contributed by atoms with Gasteiger partial charge in [0.25, 0.3) is 0 Å². The third-order valence-corrected chi connectivity index (χ3v) is 5.46. The smallest absolute Gasteiger partial charge is 0.217 e. The first-order valence-electron chi connectivity index (χ1n) is 5.83. The Morgan fingerprint density at radius 1 is 1.50 bits per heavy atom. The highest BCUT2D eigenvalue weighted by Gasteiger charge is 2.35. The molecule has 2 rings (SSSR count). The summed E-state index contributed by atoms with van der Waals surface area (Å²) in [5.41, 5.74) is 0. The van der Waals surface area contributed by atoms with Crippen molar-refractivity contribution in [2.24, 2.45) is 0 Å². The SMILES string of the molecule is C[C@H]1OCC[C@H]1S(=O)(=O)NCCc1ccc(Br)o1. The topological polar surface area (TPSA) is 68.5 Å². The minimum absolute atomic E-state index is 0.236. The quantitative estimate of drug-likeness (QED) is 0.887. The highest BCUT2D eigenvalue weighted by Crippen LogP contribution is 2.20. The molecule has 0 saturated carbocycles. The van der Waals surface area contributed by atoms with E-state index < -0.39 is 15.3 Å². The number of furan rings is 1. The van der Waals surface area contributed by atoms with E-state index in [4.69, 9.17) is 9.15 Å². The molecule has 0 bridgehead atoms. The maximum atomic E-state index is 12.0. The van der Waals surface area contributed by atoms with Gasteiger partial charge in [-0.15, -0.1) is 0 Å². The molecule has 1 aliphatic heterocycles. The van der Waals surface area contributed by atoms with Gasteiger partial charge in [-0.2, -0.15) is 0 Å². The van der Waals surface area contributed by atoms with Gasteiger partial charge >= 0.3 is 0 Å². The van der Waals surface area contributed by atoms with Crippen molar-refractivity contribution in [2.45, 2.75) is 31.1 Å². The van der Waals surface area contributed by atoms with Crippen LogP contribution in [0, 0.1) is 0 Å². The van der Waals surface area contributed by atoms with E-state index in [1.54, 1.807) is 13.0 Å². The summed E-state index contributed by atoms with van der Waals surface area (Å²) in [5, 5.41) is -0.444. The summed E-state index contributed by atoms with van der Waals surface area (Å²) in [6.45, 7) is 2.64. The molecule has 1 aliphatic rings. The maximum absolute atomic E-state index is 12.0. The third kappa shape index (κ3) is 3.34. The Morgan fingerprint density at radius 3 is 2.83 bits per heavy atom. The molecular weight excluding hydrogens is 322 g/mol. The monoisotopic (exact) mass is 337 g/mol. The van der Waals surface area contributed by atoms with E-state index >= 15 is 0 Å². The molecule has 18 heavy (non-hydrogen) atoms. The van der Waals surface area contributed by atoms with Crippen molar-refractivity contribution in [1.29, 1.82) is 0 Å². The number of hydrogen-bond acceptors (Lipinski definition) is 4. The summed E-state index contributed by atoms with van der Waals surface area (Å²) >= 11 is 3.20. The molecule has 0 aliphatic carbocycles. The van der Waals surface area contributed by atoms with Gasteiger partial charge in [0.05, 0.1) is 6.10 Å². The molecule has 2 atom stereocenters. The zero-order valence-electron chi connectivity index (χ0n) is 10.1. The van der Waals surface area contributed by atoms with E-state index in [9.17, 15) is 8.42 Å². The second-order valence-electron chi connectivity index (χ2n) is 4.30. The molecule has 5 nitrogen and oxygen atoms in total. The van der Waals surface area contributed by atoms with Crippen LogP contribution in [0.15, 0.2) is 21.2 Å². The highest BCUT2D eigenvalue weighted by molar-refractivity contribution is 9.10. The van der Waals surface area contributed by atoms with Gasteiger partial charge in [-0.25, -0.2) is 13.1 Å². The molecule has 102 valence electrons. The van der Waals surface area contributed by atoms with Gasteiger partial charge in [0.1, 0.15) is 11.0 Å². The summed E-state index contributed by atoms with van der Waals surface area (Å²) in [4.78, 5) is 0. The van der Waals surface area contributed by atoms with Crippen LogP contribution in [0.5, 0.6) is 0 Å². The molecule has 0 unspecified atom stereocenters. The van der Waals surface area contributed by atoms with Crippen molar-refractivity contribution in [3.8, 4) is 0 Å². The van der Waals surface area contributed by atoms with Crippen LogP contribution < -0.4 is 4.72 Å². The molecular formula is C11H16BrNO4S. The number of halogens is 1. The molecule has 7 heteroatoms. The van der Waals surface area contributed by atoms with Crippen molar-refractivity contribution in [2.75, 3.05) is 13.2 Å². The summed E-state index contributed by atoms with van der Waals surface area (Å²) in [7, 11) is -3.30. The fraction of sp³-hybridized carbons (Fsp3) is 0.636. The van der Waals surface area contributed by atoms with Crippen LogP contribution in [0.4, 0.5) is 0 Å². The summed E-state index contributed by atoms with van der Waals surface area (Å²) in [6.07, 6.45) is 0.857. The molecule has 1 N–H and O–H groups in total. The van der Waals surface area contributed by atoms with Crippen LogP contribution in [0.3, 0.4) is 0 Å². The van der Waals surface area contributed by atoms with Gasteiger partial charge < -0.3 is 9.15 Å². The Balaban J connectivity index is 1.85. The first-order valence-corrected chi connectivity index (χ1v) is 8.17. The standard InChI is InChI=1S/C11H16BrNO4S/c1-8-10(5-7-16-8)18(14,15)13-6-4-9-2-3-11(12)17-9/h2-3,8,10,13H,4-7H2,1H3/t8-,10-/m1/s1. The maximum Gasteiger partial charge on any atom is 0.217 e. The van der Waals surface area contributed by atoms with Crippen LogP contribution in [-0.2, 0) is 21.2 Å². The lowest BCUT2D eigenvalue weighted by atomic mass is 10.3. The van der Waals surface area contributed by atoms with Crippen LogP contribution in [0.25, 0.3) is 0 Å². The Morgan fingerprint density at radius 2 is 2.28 bits per heavy atom. The van der Waals surface area contributed by atoms with Crippen molar-refractivity contribution in [3.63, 3.8) is 0 Å². The molecule has 1 aromatic heterocycles. The van der Waals surface area contributed by atoms with Crippen LogP contribution in [0.1, 0.15) is 19.1 Å². The van der Waals surface area contributed by atoms with E-state index in [1.165, 1.54) is 0 Å². The Bertz CT molecular complexity index is 499. The van der Waals surface area contributed by atoms with Crippen LogP contribution in [-0.4, -0.2) is 32.9 Å². The van der Waals surface area contributed by atoms with Gasteiger partial charge in [-0.1, -0.05) is 0 Å². The lowest BCUT2D eigenvalue weighted by Crippen LogP contribution is -2.39. The predicted octanol–water partition coefficient (Wildman–Crippen LogP) is 1.68. The van der Waals surface area contributed by atoms with E-state index in [-0.39, 0.29) is 6.10 Å².